The molecule has 2 aromatic heterocycles. The molecule has 3 heterocycles. The van der Waals surface area contributed by atoms with Crippen molar-refractivity contribution >= 4 is 29.4 Å². The molecular formula is C16H21ClN4O2. The van der Waals surface area contributed by atoms with Gasteiger partial charge in [-0.2, -0.15) is 0 Å². The smallest absolute Gasteiger partial charge is 0.259 e. The first-order chi connectivity index (χ1) is 10.6. The number of aromatic nitrogens is 2. The summed E-state index contributed by atoms with van der Waals surface area (Å²) in [5.74, 6) is 0.538. The van der Waals surface area contributed by atoms with Crippen LogP contribution in [-0.2, 0) is 0 Å². The molecule has 0 unspecified atom stereocenters. The lowest BCUT2D eigenvalue weighted by Crippen LogP contribution is -2.52. The van der Waals surface area contributed by atoms with Gasteiger partial charge in [-0.3, -0.25) is 4.79 Å². The van der Waals surface area contributed by atoms with Crippen LogP contribution in [0.3, 0.4) is 0 Å². The Morgan fingerprint density at radius 3 is 2.91 bits per heavy atom. The highest BCUT2D eigenvalue weighted by molar-refractivity contribution is 6.06. The summed E-state index contributed by atoms with van der Waals surface area (Å²) in [6, 6.07) is 2.15. The quantitative estimate of drug-likeness (QED) is 0.910. The number of halogens is 1. The van der Waals surface area contributed by atoms with Crippen LogP contribution in [0.15, 0.2) is 10.6 Å². The minimum absolute atomic E-state index is 0. The molecule has 0 bridgehead atoms. The standard InChI is InChI=1S/C16H20N4O2.ClH/c1-9-8-17-5-6-20(9)16(21)12-7-13(11-3-4-11)18-15-14(12)10(2)19-22-15;/h7,9,11,17H,3-6,8H2,1-2H3;1H/t9-;/m0./s1. The van der Waals surface area contributed by atoms with Crippen LogP contribution >= 0.6 is 12.4 Å². The molecule has 2 fully saturated rings. The molecule has 1 saturated carbocycles. The maximum absolute atomic E-state index is 13.1. The van der Waals surface area contributed by atoms with E-state index in [1.807, 2.05) is 17.9 Å². The van der Waals surface area contributed by atoms with Gasteiger partial charge in [0.05, 0.1) is 16.6 Å². The first-order valence-electron chi connectivity index (χ1n) is 7.93. The van der Waals surface area contributed by atoms with Gasteiger partial charge in [-0.25, -0.2) is 4.98 Å². The third-order valence-corrected chi connectivity index (χ3v) is 4.63. The number of amides is 1. The lowest BCUT2D eigenvalue weighted by Gasteiger charge is -2.34. The molecule has 4 rings (SSSR count). The highest BCUT2D eigenvalue weighted by Crippen LogP contribution is 2.40. The number of hydrogen-bond acceptors (Lipinski definition) is 5. The number of rotatable bonds is 2. The topological polar surface area (TPSA) is 71.3 Å². The molecule has 1 aliphatic heterocycles. The van der Waals surface area contributed by atoms with Gasteiger partial charge in [0.2, 0.25) is 0 Å². The lowest BCUT2D eigenvalue weighted by atomic mass is 10.1. The predicted octanol–water partition coefficient (Wildman–Crippen LogP) is 2.26. The second-order valence-corrected chi connectivity index (χ2v) is 6.37. The highest BCUT2D eigenvalue weighted by Gasteiger charge is 2.31. The van der Waals surface area contributed by atoms with E-state index in [9.17, 15) is 4.79 Å². The van der Waals surface area contributed by atoms with Crippen LogP contribution in [0.2, 0.25) is 0 Å². The maximum Gasteiger partial charge on any atom is 0.259 e. The Bertz CT molecular complexity index is 741. The molecule has 1 amide bonds. The van der Waals surface area contributed by atoms with Crippen LogP contribution in [0.25, 0.3) is 11.1 Å². The summed E-state index contributed by atoms with van der Waals surface area (Å²) in [6.07, 6.45) is 2.28. The van der Waals surface area contributed by atoms with Crippen LogP contribution in [0, 0.1) is 6.92 Å². The van der Waals surface area contributed by atoms with Crippen LogP contribution in [0.4, 0.5) is 0 Å². The van der Waals surface area contributed by atoms with Crippen molar-refractivity contribution in [2.24, 2.45) is 0 Å². The van der Waals surface area contributed by atoms with E-state index in [4.69, 9.17) is 4.52 Å². The van der Waals surface area contributed by atoms with Crippen LogP contribution in [-0.4, -0.2) is 46.6 Å². The van der Waals surface area contributed by atoms with Gasteiger partial charge in [-0.15, -0.1) is 12.4 Å². The van der Waals surface area contributed by atoms with Crippen molar-refractivity contribution < 1.29 is 9.32 Å². The van der Waals surface area contributed by atoms with E-state index < -0.39 is 0 Å². The average Bonchev–Trinajstić information content (AvgIpc) is 3.31. The van der Waals surface area contributed by atoms with Crippen molar-refractivity contribution in [3.05, 3.63) is 23.0 Å². The van der Waals surface area contributed by atoms with Crippen molar-refractivity contribution in [3.8, 4) is 0 Å². The Balaban J connectivity index is 0.00000156. The zero-order valence-corrected chi connectivity index (χ0v) is 14.2. The number of nitrogens with one attached hydrogen (secondary N) is 1. The molecular weight excluding hydrogens is 316 g/mol. The fourth-order valence-corrected chi connectivity index (χ4v) is 3.17. The van der Waals surface area contributed by atoms with Crippen molar-refractivity contribution in [1.29, 1.82) is 0 Å². The van der Waals surface area contributed by atoms with Crippen molar-refractivity contribution in [2.45, 2.75) is 38.6 Å². The van der Waals surface area contributed by atoms with Crippen LogP contribution in [0.5, 0.6) is 0 Å². The fraction of sp³-hybridized carbons (Fsp3) is 0.562. The normalized spacial score (nSPS) is 21.3. The summed E-state index contributed by atoms with van der Waals surface area (Å²) in [7, 11) is 0. The van der Waals surface area contributed by atoms with Gasteiger partial charge in [-0.05, 0) is 32.8 Å². The number of pyridine rings is 1. The van der Waals surface area contributed by atoms with E-state index in [1.54, 1.807) is 0 Å². The fourth-order valence-electron chi connectivity index (χ4n) is 3.17. The molecule has 0 aromatic carbocycles. The minimum Gasteiger partial charge on any atom is -0.336 e. The van der Waals surface area contributed by atoms with Gasteiger partial charge in [0.15, 0.2) is 0 Å². The number of piperazine rings is 1. The van der Waals surface area contributed by atoms with Gasteiger partial charge < -0.3 is 14.7 Å². The zero-order chi connectivity index (χ0) is 15.3. The number of carbonyl (C=O) groups is 1. The van der Waals surface area contributed by atoms with E-state index >= 15 is 0 Å². The Kier molecular flexibility index (Phi) is 4.29. The molecule has 23 heavy (non-hydrogen) atoms. The second-order valence-electron chi connectivity index (χ2n) is 6.37. The SMILES string of the molecule is Cc1noc2nc(C3CC3)cc(C(=O)N3CCNC[C@@H]3C)c12.Cl. The third kappa shape index (κ3) is 2.81. The molecule has 2 aromatic rings. The molecule has 6 nitrogen and oxygen atoms in total. The summed E-state index contributed by atoms with van der Waals surface area (Å²) in [5, 5.41) is 8.08. The van der Waals surface area contributed by atoms with Gasteiger partial charge in [0.1, 0.15) is 0 Å². The average molecular weight is 337 g/mol. The molecule has 7 heteroatoms. The third-order valence-electron chi connectivity index (χ3n) is 4.63. The molecule has 0 radical (unpaired) electrons. The van der Waals surface area contributed by atoms with Gasteiger partial charge in [0.25, 0.3) is 11.6 Å². The van der Waals surface area contributed by atoms with Crippen molar-refractivity contribution in [1.82, 2.24) is 20.4 Å². The van der Waals surface area contributed by atoms with Gasteiger partial charge >= 0.3 is 0 Å². The molecule has 1 saturated heterocycles. The summed E-state index contributed by atoms with van der Waals surface area (Å²) in [4.78, 5) is 19.6. The number of hydrogen-bond donors (Lipinski definition) is 1. The Hall–Kier alpha value is -1.66. The van der Waals surface area contributed by atoms with Crippen LogP contribution in [0.1, 0.15) is 47.4 Å². The molecule has 0 spiro atoms. The van der Waals surface area contributed by atoms with Crippen LogP contribution < -0.4 is 5.32 Å². The first kappa shape index (κ1) is 16.2. The number of nitrogens with zero attached hydrogens (tertiary/aromatic N) is 3. The van der Waals surface area contributed by atoms with E-state index in [-0.39, 0.29) is 24.4 Å². The van der Waals surface area contributed by atoms with E-state index in [0.29, 0.717) is 17.2 Å². The Morgan fingerprint density at radius 2 is 2.22 bits per heavy atom. The number of aryl methyl sites for hydroxylation is 1. The van der Waals surface area contributed by atoms with E-state index in [2.05, 4.69) is 22.4 Å². The van der Waals surface area contributed by atoms with E-state index in [0.717, 1.165) is 49.2 Å². The molecule has 124 valence electrons. The first-order valence-corrected chi connectivity index (χ1v) is 7.93. The molecule has 1 aliphatic carbocycles. The Morgan fingerprint density at radius 1 is 1.43 bits per heavy atom. The van der Waals surface area contributed by atoms with Crippen molar-refractivity contribution in [3.63, 3.8) is 0 Å². The number of carbonyl (C=O) groups excluding carboxylic acids is 1. The zero-order valence-electron chi connectivity index (χ0n) is 13.3. The second kappa shape index (κ2) is 6.09. The largest absolute Gasteiger partial charge is 0.336 e. The summed E-state index contributed by atoms with van der Waals surface area (Å²) in [5.41, 5.74) is 2.89. The summed E-state index contributed by atoms with van der Waals surface area (Å²) < 4.78 is 5.33. The van der Waals surface area contributed by atoms with E-state index in [1.165, 1.54) is 0 Å². The summed E-state index contributed by atoms with van der Waals surface area (Å²) in [6.45, 7) is 6.33. The highest BCUT2D eigenvalue weighted by atomic mass is 35.5. The predicted molar refractivity (Wildman–Crippen MR) is 89.1 cm³/mol. The lowest BCUT2D eigenvalue weighted by molar-refractivity contribution is 0.0657. The molecule has 1 atom stereocenters. The number of fused-ring (bicyclic) bond motifs is 1. The molecule has 1 N–H and O–H groups in total. The maximum atomic E-state index is 13.1. The molecule has 2 aliphatic rings. The monoisotopic (exact) mass is 336 g/mol. The minimum atomic E-state index is 0. The van der Waals surface area contributed by atoms with Gasteiger partial charge in [-0.1, -0.05) is 5.16 Å². The summed E-state index contributed by atoms with van der Waals surface area (Å²) >= 11 is 0. The van der Waals surface area contributed by atoms with Gasteiger partial charge in [0, 0.05) is 37.3 Å². The Labute approximate surface area is 141 Å². The van der Waals surface area contributed by atoms with Crippen molar-refractivity contribution in [2.75, 3.05) is 19.6 Å².